The fraction of sp³-hybridized carbons (Fsp3) is 0.500. The largest absolute Gasteiger partial charge is 0.379 e. The molecule has 8 nitrogen and oxygen atoms in total. The van der Waals surface area contributed by atoms with Gasteiger partial charge in [0.05, 0.1) is 12.1 Å². The average molecular weight is 275 g/mol. The lowest BCUT2D eigenvalue weighted by molar-refractivity contribution is 0.101. The highest BCUT2D eigenvalue weighted by molar-refractivity contribution is 5.36. The number of aromatic nitrogens is 5. The number of anilines is 2. The topological polar surface area (TPSA) is 104 Å². The summed E-state index contributed by atoms with van der Waals surface area (Å²) in [6.45, 7) is 0. The van der Waals surface area contributed by atoms with Gasteiger partial charge in [-0.05, 0) is 25.3 Å². The van der Waals surface area contributed by atoms with Gasteiger partial charge in [0.2, 0.25) is 11.9 Å². The van der Waals surface area contributed by atoms with Crippen molar-refractivity contribution in [2.45, 2.75) is 31.4 Å². The van der Waals surface area contributed by atoms with Crippen molar-refractivity contribution in [1.29, 1.82) is 0 Å². The molecule has 0 amide bonds. The second-order valence-corrected chi connectivity index (χ2v) is 4.72. The molecule has 0 spiro atoms. The van der Waals surface area contributed by atoms with Crippen molar-refractivity contribution in [3.8, 4) is 5.95 Å². The van der Waals surface area contributed by atoms with E-state index in [1.807, 2.05) is 0 Å². The molecule has 2 aromatic rings. The van der Waals surface area contributed by atoms with Crippen LogP contribution in [-0.4, -0.2) is 44.0 Å². The summed E-state index contributed by atoms with van der Waals surface area (Å²) < 4.78 is 6.99. The maximum absolute atomic E-state index is 5.73. The quantitative estimate of drug-likeness (QED) is 0.842. The van der Waals surface area contributed by atoms with Crippen LogP contribution in [0.5, 0.6) is 0 Å². The van der Waals surface area contributed by atoms with E-state index in [0.29, 0.717) is 11.9 Å². The minimum absolute atomic E-state index is 0.167. The van der Waals surface area contributed by atoms with Crippen molar-refractivity contribution in [2.75, 3.05) is 18.2 Å². The molecule has 8 heteroatoms. The Balaban J connectivity index is 1.83. The Morgan fingerprint density at radius 3 is 3.00 bits per heavy atom. The van der Waals surface area contributed by atoms with E-state index in [9.17, 15) is 0 Å². The van der Waals surface area contributed by atoms with Crippen LogP contribution < -0.4 is 11.1 Å². The van der Waals surface area contributed by atoms with Gasteiger partial charge in [0.15, 0.2) is 0 Å². The van der Waals surface area contributed by atoms with E-state index >= 15 is 0 Å². The lowest BCUT2D eigenvalue weighted by Gasteiger charge is -2.19. The SMILES string of the molecule is COC1CCCC1Nc1nc(N)nc(-n2cccn2)n1. The molecule has 2 aromatic heterocycles. The minimum atomic E-state index is 0.167. The third-order valence-corrected chi connectivity index (χ3v) is 3.42. The molecular weight excluding hydrogens is 258 g/mol. The van der Waals surface area contributed by atoms with Gasteiger partial charge in [0.1, 0.15) is 0 Å². The first kappa shape index (κ1) is 12.8. The van der Waals surface area contributed by atoms with Crippen molar-refractivity contribution < 1.29 is 4.74 Å². The summed E-state index contributed by atoms with van der Waals surface area (Å²) >= 11 is 0. The van der Waals surface area contributed by atoms with E-state index in [0.717, 1.165) is 19.3 Å². The zero-order valence-corrected chi connectivity index (χ0v) is 11.2. The number of methoxy groups -OCH3 is 1. The molecule has 0 saturated heterocycles. The van der Waals surface area contributed by atoms with Crippen LogP contribution in [0.25, 0.3) is 5.95 Å². The number of hydrogen-bond donors (Lipinski definition) is 2. The molecule has 1 aliphatic rings. The fourth-order valence-electron chi connectivity index (χ4n) is 2.47. The van der Waals surface area contributed by atoms with Crippen LogP contribution in [0.3, 0.4) is 0 Å². The van der Waals surface area contributed by atoms with Crippen molar-refractivity contribution >= 4 is 11.9 Å². The average Bonchev–Trinajstić information content (AvgIpc) is 3.08. The normalized spacial score (nSPS) is 22.1. The molecule has 1 fully saturated rings. The summed E-state index contributed by atoms with van der Waals surface area (Å²) in [6, 6.07) is 2.00. The third-order valence-electron chi connectivity index (χ3n) is 3.42. The van der Waals surface area contributed by atoms with Gasteiger partial charge in [0, 0.05) is 19.5 Å². The van der Waals surface area contributed by atoms with Crippen molar-refractivity contribution in [3.63, 3.8) is 0 Å². The van der Waals surface area contributed by atoms with Gasteiger partial charge in [-0.1, -0.05) is 0 Å². The first-order valence-electron chi connectivity index (χ1n) is 6.57. The van der Waals surface area contributed by atoms with Crippen LogP contribution >= 0.6 is 0 Å². The minimum Gasteiger partial charge on any atom is -0.379 e. The van der Waals surface area contributed by atoms with E-state index < -0.39 is 0 Å². The summed E-state index contributed by atoms with van der Waals surface area (Å²) in [5, 5.41) is 7.36. The van der Waals surface area contributed by atoms with E-state index in [1.165, 1.54) is 0 Å². The number of nitrogens with one attached hydrogen (secondary N) is 1. The van der Waals surface area contributed by atoms with Gasteiger partial charge in [-0.15, -0.1) is 0 Å². The molecule has 0 aliphatic heterocycles. The number of rotatable bonds is 4. The highest BCUT2D eigenvalue weighted by Crippen LogP contribution is 2.24. The molecular formula is C12H17N7O. The third kappa shape index (κ3) is 2.55. The Morgan fingerprint density at radius 1 is 1.35 bits per heavy atom. The second kappa shape index (κ2) is 5.41. The summed E-state index contributed by atoms with van der Waals surface area (Å²) in [5.74, 6) is 1.02. The number of ether oxygens (including phenoxy) is 1. The van der Waals surface area contributed by atoms with Crippen LogP contribution in [0.1, 0.15) is 19.3 Å². The zero-order chi connectivity index (χ0) is 13.9. The van der Waals surface area contributed by atoms with Gasteiger partial charge in [-0.2, -0.15) is 20.1 Å². The zero-order valence-electron chi connectivity index (χ0n) is 11.2. The van der Waals surface area contributed by atoms with E-state index in [-0.39, 0.29) is 18.1 Å². The molecule has 106 valence electrons. The smallest absolute Gasteiger partial charge is 0.257 e. The lowest BCUT2D eigenvalue weighted by Crippen LogP contribution is -2.31. The number of hydrogen-bond acceptors (Lipinski definition) is 7. The maximum Gasteiger partial charge on any atom is 0.257 e. The summed E-state index contributed by atoms with van der Waals surface area (Å²) in [7, 11) is 1.72. The highest BCUT2D eigenvalue weighted by atomic mass is 16.5. The lowest BCUT2D eigenvalue weighted by atomic mass is 10.2. The van der Waals surface area contributed by atoms with Crippen molar-refractivity contribution in [2.24, 2.45) is 0 Å². The standard InChI is InChI=1S/C12H17N7O/c1-20-9-5-2-4-8(9)15-11-16-10(13)17-12(18-11)19-7-3-6-14-19/h3,6-9H,2,4-5H2,1H3,(H3,13,15,16,17,18). The van der Waals surface area contributed by atoms with Crippen LogP contribution in [0.4, 0.5) is 11.9 Å². The predicted octanol–water partition coefficient (Wildman–Crippen LogP) is 0.619. The molecule has 1 saturated carbocycles. The van der Waals surface area contributed by atoms with E-state index in [4.69, 9.17) is 10.5 Å². The van der Waals surface area contributed by atoms with Crippen molar-refractivity contribution in [1.82, 2.24) is 24.7 Å². The summed E-state index contributed by atoms with van der Waals surface area (Å²) in [6.07, 6.45) is 6.79. The Bertz CT molecular complexity index is 571. The number of nitrogens with two attached hydrogens (primary N) is 1. The molecule has 2 heterocycles. The number of nitrogens with zero attached hydrogens (tertiary/aromatic N) is 5. The molecule has 3 N–H and O–H groups in total. The Kier molecular flexibility index (Phi) is 3.46. The van der Waals surface area contributed by atoms with Gasteiger partial charge in [0.25, 0.3) is 5.95 Å². The van der Waals surface area contributed by atoms with E-state index in [1.54, 1.807) is 30.3 Å². The molecule has 1 aliphatic carbocycles. The van der Waals surface area contributed by atoms with Gasteiger partial charge >= 0.3 is 0 Å². The molecule has 0 aromatic carbocycles. The van der Waals surface area contributed by atoms with Crippen LogP contribution in [0.15, 0.2) is 18.5 Å². The Labute approximate surface area is 116 Å². The monoisotopic (exact) mass is 275 g/mol. The van der Waals surface area contributed by atoms with Gasteiger partial charge in [-0.3, -0.25) is 0 Å². The van der Waals surface area contributed by atoms with Gasteiger partial charge < -0.3 is 15.8 Å². The van der Waals surface area contributed by atoms with Crippen LogP contribution in [-0.2, 0) is 4.74 Å². The Morgan fingerprint density at radius 2 is 2.25 bits per heavy atom. The fourth-order valence-corrected chi connectivity index (χ4v) is 2.47. The van der Waals surface area contributed by atoms with Crippen LogP contribution in [0.2, 0.25) is 0 Å². The van der Waals surface area contributed by atoms with Gasteiger partial charge in [-0.25, -0.2) is 4.68 Å². The first-order valence-corrected chi connectivity index (χ1v) is 6.57. The van der Waals surface area contributed by atoms with Crippen molar-refractivity contribution in [3.05, 3.63) is 18.5 Å². The highest BCUT2D eigenvalue weighted by Gasteiger charge is 2.27. The molecule has 20 heavy (non-hydrogen) atoms. The predicted molar refractivity (Wildman–Crippen MR) is 73.4 cm³/mol. The second-order valence-electron chi connectivity index (χ2n) is 4.72. The molecule has 0 bridgehead atoms. The molecule has 0 radical (unpaired) electrons. The van der Waals surface area contributed by atoms with Crippen LogP contribution in [0, 0.1) is 0 Å². The number of nitrogen functional groups attached to an aromatic ring is 1. The molecule has 3 rings (SSSR count). The molecule has 2 unspecified atom stereocenters. The summed E-state index contributed by atoms with van der Waals surface area (Å²) in [5.41, 5.74) is 5.73. The van der Waals surface area contributed by atoms with E-state index in [2.05, 4.69) is 25.4 Å². The molecule has 2 atom stereocenters. The summed E-state index contributed by atoms with van der Waals surface area (Å²) in [4.78, 5) is 12.5. The first-order chi connectivity index (χ1) is 9.76. The Hall–Kier alpha value is -2.22. The maximum atomic E-state index is 5.73.